The first kappa shape index (κ1) is 17.6. The number of pyridine rings is 1. The quantitative estimate of drug-likeness (QED) is 0.564. The second kappa shape index (κ2) is 8.28. The molecule has 0 unspecified atom stereocenters. The van der Waals surface area contributed by atoms with Gasteiger partial charge in [-0.1, -0.05) is 12.0 Å². The summed E-state index contributed by atoms with van der Waals surface area (Å²) in [4.78, 5) is 15.3. The van der Waals surface area contributed by atoms with Crippen LogP contribution in [0, 0.1) is 11.8 Å². The number of aromatic hydroxyl groups is 1. The molecule has 2 aromatic heterocycles. The minimum atomic E-state index is 0.170. The fraction of sp³-hybridized carbons (Fsp3) is 0.250. The number of hydrogen-bond donors (Lipinski definition) is 1. The van der Waals surface area contributed by atoms with Gasteiger partial charge in [-0.25, -0.2) is 15.0 Å². The Labute approximate surface area is 152 Å². The van der Waals surface area contributed by atoms with Gasteiger partial charge in [0.1, 0.15) is 11.3 Å². The molecule has 1 aromatic carbocycles. The molecule has 1 N–H and O–H groups in total. The molecule has 0 bridgehead atoms. The maximum absolute atomic E-state index is 9.56. The maximum atomic E-state index is 9.56. The first-order valence-corrected chi connectivity index (χ1v) is 8.33. The lowest BCUT2D eigenvalue weighted by molar-refractivity contribution is 0.272. The summed E-state index contributed by atoms with van der Waals surface area (Å²) in [6.07, 6.45) is 2.54. The Hall–Kier alpha value is -3.17. The Morgan fingerprint density at radius 2 is 2.00 bits per heavy atom. The van der Waals surface area contributed by atoms with Crippen LogP contribution in [0.5, 0.6) is 11.6 Å². The predicted molar refractivity (Wildman–Crippen MR) is 100 cm³/mol. The standard InChI is InChI=1S/C20H20N4O2/c1-24(2)12-5-13-26-20-18(10-9-15-6-3-7-16(25)14-15)22-19-17(23-20)8-4-11-21-19/h3-4,6-8,11,14,25H,5,12-13H2,1-2H3. The summed E-state index contributed by atoms with van der Waals surface area (Å²) in [7, 11) is 4.04. The lowest BCUT2D eigenvalue weighted by Gasteiger charge is -2.10. The van der Waals surface area contributed by atoms with Crippen molar-refractivity contribution in [3.05, 3.63) is 53.9 Å². The monoisotopic (exact) mass is 348 g/mol. The topological polar surface area (TPSA) is 71.4 Å². The molecule has 0 fully saturated rings. The Kier molecular flexibility index (Phi) is 5.62. The van der Waals surface area contributed by atoms with E-state index in [1.54, 1.807) is 24.4 Å². The molecule has 6 heteroatoms. The maximum Gasteiger partial charge on any atom is 0.249 e. The molecule has 6 nitrogen and oxygen atoms in total. The van der Waals surface area contributed by atoms with Crippen LogP contribution in [0.25, 0.3) is 11.2 Å². The minimum Gasteiger partial charge on any atom is -0.508 e. The zero-order valence-corrected chi connectivity index (χ0v) is 14.8. The van der Waals surface area contributed by atoms with Crippen molar-refractivity contribution in [1.82, 2.24) is 19.9 Å². The summed E-state index contributed by atoms with van der Waals surface area (Å²) in [5.74, 6) is 6.55. The van der Waals surface area contributed by atoms with Gasteiger partial charge in [-0.2, -0.15) is 0 Å². The molecule has 132 valence electrons. The van der Waals surface area contributed by atoms with Crippen LogP contribution in [-0.4, -0.2) is 52.2 Å². The first-order valence-electron chi connectivity index (χ1n) is 8.33. The largest absolute Gasteiger partial charge is 0.508 e. The molecule has 0 saturated carbocycles. The van der Waals surface area contributed by atoms with E-state index in [0.29, 0.717) is 34.9 Å². The van der Waals surface area contributed by atoms with Crippen molar-refractivity contribution in [2.45, 2.75) is 6.42 Å². The number of phenols is 1. The van der Waals surface area contributed by atoms with Gasteiger partial charge in [-0.15, -0.1) is 0 Å². The van der Waals surface area contributed by atoms with E-state index < -0.39 is 0 Å². The molecular formula is C20H20N4O2. The second-order valence-corrected chi connectivity index (χ2v) is 6.03. The summed E-state index contributed by atoms with van der Waals surface area (Å²) in [6, 6.07) is 10.4. The van der Waals surface area contributed by atoms with Crippen LogP contribution < -0.4 is 4.74 Å². The van der Waals surface area contributed by atoms with Gasteiger partial charge in [0.15, 0.2) is 11.3 Å². The lowest BCUT2D eigenvalue weighted by Crippen LogP contribution is -2.16. The highest BCUT2D eigenvalue weighted by atomic mass is 16.5. The predicted octanol–water partition coefficient (Wildman–Crippen LogP) is 2.46. The van der Waals surface area contributed by atoms with Gasteiger partial charge in [-0.05, 0) is 56.8 Å². The highest BCUT2D eigenvalue weighted by Gasteiger charge is 2.09. The molecule has 0 radical (unpaired) electrons. The summed E-state index contributed by atoms with van der Waals surface area (Å²) in [5, 5.41) is 9.56. The van der Waals surface area contributed by atoms with Crippen molar-refractivity contribution in [2.24, 2.45) is 0 Å². The van der Waals surface area contributed by atoms with Crippen LogP contribution in [0.2, 0.25) is 0 Å². The van der Waals surface area contributed by atoms with E-state index in [-0.39, 0.29) is 5.75 Å². The SMILES string of the molecule is CN(C)CCCOc1nc2cccnc2nc1C#Cc1cccc(O)c1. The van der Waals surface area contributed by atoms with E-state index in [9.17, 15) is 5.11 Å². The average molecular weight is 348 g/mol. The summed E-state index contributed by atoms with van der Waals surface area (Å²) in [5.41, 5.74) is 2.31. The van der Waals surface area contributed by atoms with Gasteiger partial charge in [0.2, 0.25) is 5.88 Å². The average Bonchev–Trinajstić information content (AvgIpc) is 2.63. The number of benzene rings is 1. The van der Waals surface area contributed by atoms with Gasteiger partial charge in [0.05, 0.1) is 6.61 Å². The van der Waals surface area contributed by atoms with E-state index in [0.717, 1.165) is 13.0 Å². The molecule has 0 aliphatic heterocycles. The van der Waals surface area contributed by atoms with E-state index in [4.69, 9.17) is 4.74 Å². The molecule has 0 saturated heterocycles. The fourth-order valence-electron chi connectivity index (χ4n) is 2.32. The Bertz CT molecular complexity index is 961. The van der Waals surface area contributed by atoms with Crippen LogP contribution in [0.4, 0.5) is 0 Å². The smallest absolute Gasteiger partial charge is 0.249 e. The van der Waals surface area contributed by atoms with Gasteiger partial charge in [0.25, 0.3) is 0 Å². The third-order valence-electron chi connectivity index (χ3n) is 3.57. The van der Waals surface area contributed by atoms with Crippen LogP contribution in [-0.2, 0) is 0 Å². The van der Waals surface area contributed by atoms with Gasteiger partial charge < -0.3 is 14.7 Å². The Balaban J connectivity index is 1.90. The summed E-state index contributed by atoms with van der Waals surface area (Å²) in [6.45, 7) is 1.45. The molecule has 0 amide bonds. The van der Waals surface area contributed by atoms with Crippen LogP contribution in [0.3, 0.4) is 0 Å². The number of aromatic nitrogens is 3. The van der Waals surface area contributed by atoms with Gasteiger partial charge in [-0.3, -0.25) is 0 Å². The molecule has 0 spiro atoms. The van der Waals surface area contributed by atoms with Gasteiger partial charge >= 0.3 is 0 Å². The molecule has 0 aliphatic rings. The number of phenolic OH excluding ortho intramolecular Hbond substituents is 1. The lowest BCUT2D eigenvalue weighted by atomic mass is 10.2. The van der Waals surface area contributed by atoms with Crippen molar-refractivity contribution >= 4 is 11.2 Å². The van der Waals surface area contributed by atoms with Crippen LogP contribution in [0.1, 0.15) is 17.7 Å². The number of hydrogen-bond acceptors (Lipinski definition) is 6. The van der Waals surface area contributed by atoms with E-state index in [2.05, 4.69) is 31.7 Å². The van der Waals surface area contributed by atoms with Gasteiger partial charge in [0, 0.05) is 18.3 Å². The highest BCUT2D eigenvalue weighted by molar-refractivity contribution is 5.71. The first-order chi connectivity index (χ1) is 12.6. The molecular weight excluding hydrogens is 328 g/mol. The summed E-state index contributed by atoms with van der Waals surface area (Å²) >= 11 is 0. The molecule has 26 heavy (non-hydrogen) atoms. The van der Waals surface area contributed by atoms with Crippen molar-refractivity contribution in [3.8, 4) is 23.5 Å². The summed E-state index contributed by atoms with van der Waals surface area (Å²) < 4.78 is 5.83. The normalized spacial score (nSPS) is 10.6. The number of ether oxygens (including phenoxy) is 1. The van der Waals surface area contributed by atoms with Crippen molar-refractivity contribution in [2.75, 3.05) is 27.2 Å². The fourth-order valence-corrected chi connectivity index (χ4v) is 2.32. The molecule has 3 rings (SSSR count). The number of rotatable bonds is 5. The number of nitrogens with zero attached hydrogens (tertiary/aromatic N) is 4. The Morgan fingerprint density at radius 3 is 2.81 bits per heavy atom. The molecule has 0 atom stereocenters. The third-order valence-corrected chi connectivity index (χ3v) is 3.57. The molecule has 3 aromatic rings. The third kappa shape index (κ3) is 4.68. The van der Waals surface area contributed by atoms with E-state index in [1.165, 1.54) is 0 Å². The zero-order valence-electron chi connectivity index (χ0n) is 14.8. The molecule has 0 aliphatic carbocycles. The Morgan fingerprint density at radius 1 is 1.12 bits per heavy atom. The van der Waals surface area contributed by atoms with Crippen molar-refractivity contribution in [3.63, 3.8) is 0 Å². The minimum absolute atomic E-state index is 0.170. The number of fused-ring (bicyclic) bond motifs is 1. The van der Waals surface area contributed by atoms with Crippen molar-refractivity contribution < 1.29 is 9.84 Å². The van der Waals surface area contributed by atoms with Crippen LogP contribution in [0.15, 0.2) is 42.6 Å². The van der Waals surface area contributed by atoms with Crippen LogP contribution >= 0.6 is 0 Å². The van der Waals surface area contributed by atoms with E-state index in [1.807, 2.05) is 32.3 Å². The van der Waals surface area contributed by atoms with E-state index >= 15 is 0 Å². The highest BCUT2D eigenvalue weighted by Crippen LogP contribution is 2.17. The molecule has 2 heterocycles. The second-order valence-electron chi connectivity index (χ2n) is 6.03. The zero-order chi connectivity index (χ0) is 18.4. The van der Waals surface area contributed by atoms with Crippen molar-refractivity contribution in [1.29, 1.82) is 0 Å².